The lowest BCUT2D eigenvalue weighted by Gasteiger charge is -2.29. The third kappa shape index (κ3) is 3.21. The number of benzene rings is 1. The molecule has 0 spiro atoms. The molecule has 1 N–H and O–H groups in total. The minimum Gasteiger partial charge on any atom is -0.349 e. The summed E-state index contributed by atoms with van der Waals surface area (Å²) in [5.74, 6) is 0.683. The van der Waals surface area contributed by atoms with Crippen LogP contribution in [0.15, 0.2) is 24.3 Å². The lowest BCUT2D eigenvalue weighted by Crippen LogP contribution is -2.41. The molecule has 2 rings (SSSR count). The topological polar surface area (TPSA) is 29.1 Å². The summed E-state index contributed by atoms with van der Waals surface area (Å²) in [5, 5.41) is 3.18. The van der Waals surface area contributed by atoms with E-state index in [4.69, 9.17) is 0 Å². The highest BCUT2D eigenvalue weighted by Gasteiger charge is 2.23. The molecule has 1 aromatic carbocycles. The lowest BCUT2D eigenvalue weighted by atomic mass is 9.86. The van der Waals surface area contributed by atoms with Crippen LogP contribution in [0.1, 0.15) is 43.0 Å². The molecule has 2 atom stereocenters. The van der Waals surface area contributed by atoms with Crippen molar-refractivity contribution in [1.82, 2.24) is 5.32 Å². The number of hydrogen-bond donors (Lipinski definition) is 1. The molecular weight excluding hydrogens is 325 g/mol. The van der Waals surface area contributed by atoms with E-state index in [0.717, 1.165) is 15.6 Å². The van der Waals surface area contributed by atoms with Crippen molar-refractivity contribution in [3.63, 3.8) is 0 Å². The number of carbonyl (C=O) groups excluding carboxylic acids is 1. The van der Waals surface area contributed by atoms with Crippen molar-refractivity contribution in [2.24, 2.45) is 5.92 Å². The zero-order chi connectivity index (χ0) is 12.3. The number of nitrogens with one attached hydrogen (secondary N) is 1. The van der Waals surface area contributed by atoms with Crippen LogP contribution in [-0.2, 0) is 0 Å². The Kier molecular flexibility index (Phi) is 4.42. The van der Waals surface area contributed by atoms with Gasteiger partial charge in [0.25, 0.3) is 5.91 Å². The highest BCUT2D eigenvalue weighted by atomic mass is 127. The van der Waals surface area contributed by atoms with Crippen molar-refractivity contribution in [2.45, 2.75) is 38.6 Å². The normalized spacial score (nSPS) is 24.4. The van der Waals surface area contributed by atoms with Crippen LogP contribution in [0, 0.1) is 9.49 Å². The van der Waals surface area contributed by atoms with Gasteiger partial charge in [0.05, 0.1) is 5.56 Å². The molecule has 0 saturated heterocycles. The van der Waals surface area contributed by atoms with E-state index in [1.54, 1.807) is 0 Å². The van der Waals surface area contributed by atoms with Gasteiger partial charge < -0.3 is 5.32 Å². The Balaban J connectivity index is 2.04. The molecule has 3 heteroatoms. The van der Waals surface area contributed by atoms with Gasteiger partial charge in [-0.15, -0.1) is 0 Å². The Morgan fingerprint density at radius 1 is 1.29 bits per heavy atom. The second-order valence-corrected chi connectivity index (χ2v) is 5.98. The van der Waals surface area contributed by atoms with Crippen molar-refractivity contribution < 1.29 is 4.79 Å². The molecule has 0 radical (unpaired) electrons. The molecule has 0 aliphatic heterocycles. The summed E-state index contributed by atoms with van der Waals surface area (Å²) < 4.78 is 1.02. The summed E-state index contributed by atoms with van der Waals surface area (Å²) in [7, 11) is 0. The molecule has 0 aromatic heterocycles. The maximum absolute atomic E-state index is 12.2. The zero-order valence-electron chi connectivity index (χ0n) is 10.1. The Bertz CT molecular complexity index is 405. The third-order valence-corrected chi connectivity index (χ3v) is 4.49. The molecule has 92 valence electrons. The summed E-state index contributed by atoms with van der Waals surface area (Å²) in [5.41, 5.74) is 0.797. The van der Waals surface area contributed by atoms with Gasteiger partial charge in [0.15, 0.2) is 0 Å². The molecule has 1 saturated carbocycles. The Morgan fingerprint density at radius 2 is 2.00 bits per heavy atom. The minimum absolute atomic E-state index is 0.0775. The van der Waals surface area contributed by atoms with Crippen LogP contribution in [0.3, 0.4) is 0 Å². The van der Waals surface area contributed by atoms with Gasteiger partial charge in [-0.05, 0) is 53.5 Å². The van der Waals surface area contributed by atoms with Crippen molar-refractivity contribution >= 4 is 28.5 Å². The van der Waals surface area contributed by atoms with Gasteiger partial charge in [-0.25, -0.2) is 0 Å². The molecule has 0 heterocycles. The summed E-state index contributed by atoms with van der Waals surface area (Å²) in [6.45, 7) is 2.24. The van der Waals surface area contributed by atoms with Crippen molar-refractivity contribution in [1.29, 1.82) is 0 Å². The van der Waals surface area contributed by atoms with E-state index in [0.29, 0.717) is 12.0 Å². The van der Waals surface area contributed by atoms with Crippen LogP contribution in [0.2, 0.25) is 0 Å². The smallest absolute Gasteiger partial charge is 0.252 e. The van der Waals surface area contributed by atoms with Gasteiger partial charge in [-0.3, -0.25) is 4.79 Å². The van der Waals surface area contributed by atoms with E-state index >= 15 is 0 Å². The molecule has 1 aliphatic rings. The summed E-state index contributed by atoms with van der Waals surface area (Å²) in [6.07, 6.45) is 4.89. The second-order valence-electron chi connectivity index (χ2n) is 4.82. The van der Waals surface area contributed by atoms with Crippen LogP contribution in [0.4, 0.5) is 0 Å². The van der Waals surface area contributed by atoms with E-state index in [-0.39, 0.29) is 5.91 Å². The van der Waals surface area contributed by atoms with E-state index in [9.17, 15) is 4.79 Å². The first-order valence-corrected chi connectivity index (χ1v) is 7.32. The van der Waals surface area contributed by atoms with Crippen LogP contribution >= 0.6 is 22.6 Å². The molecule has 1 fully saturated rings. The van der Waals surface area contributed by atoms with Gasteiger partial charge in [0.1, 0.15) is 0 Å². The van der Waals surface area contributed by atoms with Crippen LogP contribution in [0.5, 0.6) is 0 Å². The third-order valence-electron chi connectivity index (χ3n) is 3.55. The van der Waals surface area contributed by atoms with E-state index in [1.165, 1.54) is 19.3 Å². The van der Waals surface area contributed by atoms with Gasteiger partial charge >= 0.3 is 0 Å². The minimum atomic E-state index is 0.0775. The maximum atomic E-state index is 12.2. The van der Waals surface area contributed by atoms with Crippen molar-refractivity contribution in [3.8, 4) is 0 Å². The van der Waals surface area contributed by atoms with Crippen LogP contribution in [0.25, 0.3) is 0 Å². The zero-order valence-corrected chi connectivity index (χ0v) is 12.2. The number of rotatable bonds is 2. The first-order valence-electron chi connectivity index (χ1n) is 6.24. The molecule has 0 bridgehead atoms. The van der Waals surface area contributed by atoms with Crippen molar-refractivity contribution in [3.05, 3.63) is 33.4 Å². The Hall–Kier alpha value is -0.580. The molecule has 1 aromatic rings. The monoisotopic (exact) mass is 343 g/mol. The summed E-state index contributed by atoms with van der Waals surface area (Å²) >= 11 is 2.21. The first kappa shape index (κ1) is 12.9. The van der Waals surface area contributed by atoms with Gasteiger partial charge in [0, 0.05) is 9.61 Å². The Morgan fingerprint density at radius 3 is 2.71 bits per heavy atom. The highest BCUT2D eigenvalue weighted by Crippen LogP contribution is 2.24. The summed E-state index contributed by atoms with van der Waals surface area (Å²) in [6, 6.07) is 8.10. The van der Waals surface area contributed by atoms with Gasteiger partial charge in [-0.2, -0.15) is 0 Å². The van der Waals surface area contributed by atoms with E-state index < -0.39 is 0 Å². The van der Waals surface area contributed by atoms with E-state index in [2.05, 4.69) is 34.8 Å². The molecule has 17 heavy (non-hydrogen) atoms. The largest absolute Gasteiger partial charge is 0.349 e. The number of hydrogen-bond acceptors (Lipinski definition) is 1. The van der Waals surface area contributed by atoms with Gasteiger partial charge in [-0.1, -0.05) is 31.9 Å². The second kappa shape index (κ2) is 5.85. The average molecular weight is 343 g/mol. The summed E-state index contributed by atoms with van der Waals surface area (Å²) in [4.78, 5) is 12.2. The van der Waals surface area contributed by atoms with Gasteiger partial charge in [0.2, 0.25) is 0 Å². The van der Waals surface area contributed by atoms with Crippen LogP contribution in [-0.4, -0.2) is 11.9 Å². The SMILES string of the molecule is C[C@H]1CCCC[C@@H]1NC(=O)c1ccccc1I. The number of amides is 1. The maximum Gasteiger partial charge on any atom is 0.252 e. The van der Waals surface area contributed by atoms with E-state index in [1.807, 2.05) is 24.3 Å². The number of carbonyl (C=O) groups is 1. The highest BCUT2D eigenvalue weighted by molar-refractivity contribution is 14.1. The van der Waals surface area contributed by atoms with Crippen LogP contribution < -0.4 is 5.32 Å². The first-order chi connectivity index (χ1) is 8.18. The standard InChI is InChI=1S/C14H18INO/c1-10-6-2-5-9-13(10)16-14(17)11-7-3-4-8-12(11)15/h3-4,7-8,10,13H,2,5-6,9H2,1H3,(H,16,17)/t10-,13-/m0/s1. The quantitative estimate of drug-likeness (QED) is 0.817. The van der Waals surface area contributed by atoms with Crippen molar-refractivity contribution in [2.75, 3.05) is 0 Å². The lowest BCUT2D eigenvalue weighted by molar-refractivity contribution is 0.0909. The molecular formula is C14H18INO. The molecule has 1 aliphatic carbocycles. The fourth-order valence-corrected chi connectivity index (χ4v) is 3.05. The number of halogens is 1. The predicted molar refractivity (Wildman–Crippen MR) is 78.0 cm³/mol. The predicted octanol–water partition coefficient (Wildman–Crippen LogP) is 3.60. The Labute approximate surface area is 116 Å². The molecule has 2 nitrogen and oxygen atoms in total. The average Bonchev–Trinajstić information content (AvgIpc) is 2.32. The fraction of sp³-hybridized carbons (Fsp3) is 0.500. The molecule has 1 amide bonds. The molecule has 0 unspecified atom stereocenters. The fourth-order valence-electron chi connectivity index (χ4n) is 2.42.